The lowest BCUT2D eigenvalue weighted by Gasteiger charge is -2.15. The Bertz CT molecular complexity index is 782. The molecule has 0 saturated heterocycles. The van der Waals surface area contributed by atoms with Crippen LogP contribution in [0.15, 0.2) is 41.5 Å². The molecule has 29 heavy (non-hydrogen) atoms. The Morgan fingerprint density at radius 3 is 2.66 bits per heavy atom. The topological polar surface area (TPSA) is 77.0 Å². The van der Waals surface area contributed by atoms with E-state index in [0.717, 1.165) is 0 Å². The average Bonchev–Trinajstić information content (AvgIpc) is 2.69. The van der Waals surface area contributed by atoms with Crippen LogP contribution in [0.3, 0.4) is 0 Å². The quantitative estimate of drug-likeness (QED) is 0.218. The average molecular weight is 543 g/mol. The molecule has 0 spiro atoms. The molecule has 0 saturated carbocycles. The van der Waals surface area contributed by atoms with Gasteiger partial charge in [0, 0.05) is 31.4 Å². The van der Waals surface area contributed by atoms with Gasteiger partial charge in [0.2, 0.25) is 5.88 Å². The second-order valence-corrected chi connectivity index (χ2v) is 5.80. The first kappa shape index (κ1) is 25.0. The molecule has 0 atom stereocenters. The molecule has 2 N–H and O–H groups in total. The molecule has 7 nitrogen and oxygen atoms in total. The zero-order valence-corrected chi connectivity index (χ0v) is 18.9. The van der Waals surface area contributed by atoms with Crippen molar-refractivity contribution in [3.63, 3.8) is 0 Å². The molecule has 0 aliphatic carbocycles. The highest BCUT2D eigenvalue weighted by atomic mass is 127. The molecule has 0 radical (unpaired) electrons. The minimum absolute atomic E-state index is 0. The molecule has 1 heterocycles. The molecule has 0 bridgehead atoms. The summed E-state index contributed by atoms with van der Waals surface area (Å²) in [5.74, 6) is 1.53. The molecule has 0 aliphatic heterocycles. The van der Waals surface area contributed by atoms with E-state index in [1.54, 1.807) is 31.3 Å². The Morgan fingerprint density at radius 1 is 1.24 bits per heavy atom. The van der Waals surface area contributed by atoms with Gasteiger partial charge in [0.15, 0.2) is 5.96 Å². The maximum atomic E-state index is 12.6. The van der Waals surface area contributed by atoms with Crippen LogP contribution in [0, 0.1) is 0 Å². The van der Waals surface area contributed by atoms with Crippen molar-refractivity contribution in [3.05, 3.63) is 47.1 Å². The number of nitrogens with one attached hydrogen (secondary N) is 2. The molecule has 0 fully saturated rings. The Balaban J connectivity index is 0.00000420. The van der Waals surface area contributed by atoms with Gasteiger partial charge < -0.3 is 24.8 Å². The highest BCUT2D eigenvalue weighted by molar-refractivity contribution is 14.0. The minimum atomic E-state index is -2.91. The Kier molecular flexibility index (Phi) is 11.4. The molecular weight excluding hydrogens is 521 g/mol. The first-order valence-corrected chi connectivity index (χ1v) is 8.70. The molecule has 0 unspecified atom stereocenters. The number of guanidine groups is 1. The van der Waals surface area contributed by atoms with E-state index in [0.29, 0.717) is 41.3 Å². The SMILES string of the molecule is CN=C(NCCOc1ccc(Cl)cn1)NCc1cc(OC)ccc1OC(F)F.I. The second-order valence-electron chi connectivity index (χ2n) is 5.37. The Morgan fingerprint density at radius 2 is 2.03 bits per heavy atom. The lowest BCUT2D eigenvalue weighted by molar-refractivity contribution is -0.0504. The molecule has 1 aromatic carbocycles. The molecule has 1 aromatic heterocycles. The van der Waals surface area contributed by atoms with E-state index >= 15 is 0 Å². The fourth-order valence-electron chi connectivity index (χ4n) is 2.20. The van der Waals surface area contributed by atoms with Gasteiger partial charge >= 0.3 is 6.61 Å². The molecular formula is C18H22ClF2IN4O3. The summed E-state index contributed by atoms with van der Waals surface area (Å²) < 4.78 is 40.3. The number of halogens is 4. The van der Waals surface area contributed by atoms with Crippen LogP contribution in [0.2, 0.25) is 5.02 Å². The molecule has 2 aromatic rings. The molecule has 2 rings (SSSR count). The van der Waals surface area contributed by atoms with Gasteiger partial charge in [-0.25, -0.2) is 4.98 Å². The molecule has 11 heteroatoms. The van der Waals surface area contributed by atoms with Gasteiger partial charge in [0.25, 0.3) is 0 Å². The van der Waals surface area contributed by atoms with Crippen molar-refractivity contribution in [2.24, 2.45) is 4.99 Å². The predicted octanol–water partition coefficient (Wildman–Crippen LogP) is 3.71. The molecule has 0 aliphatic rings. The van der Waals surface area contributed by atoms with E-state index in [1.807, 2.05) is 0 Å². The largest absolute Gasteiger partial charge is 0.497 e. The Hall–Kier alpha value is -2.08. The monoisotopic (exact) mass is 542 g/mol. The lowest BCUT2D eigenvalue weighted by atomic mass is 10.2. The van der Waals surface area contributed by atoms with Gasteiger partial charge in [-0.05, 0) is 24.3 Å². The number of methoxy groups -OCH3 is 1. The van der Waals surface area contributed by atoms with Crippen LogP contribution in [-0.2, 0) is 6.54 Å². The van der Waals surface area contributed by atoms with Crippen LogP contribution in [0.1, 0.15) is 5.56 Å². The maximum Gasteiger partial charge on any atom is 0.387 e. The van der Waals surface area contributed by atoms with Crippen molar-refractivity contribution in [3.8, 4) is 17.4 Å². The van der Waals surface area contributed by atoms with Crippen molar-refractivity contribution in [2.75, 3.05) is 27.3 Å². The summed E-state index contributed by atoms with van der Waals surface area (Å²) in [5.41, 5.74) is 0.504. The van der Waals surface area contributed by atoms with E-state index in [9.17, 15) is 8.78 Å². The zero-order chi connectivity index (χ0) is 20.4. The summed E-state index contributed by atoms with van der Waals surface area (Å²) in [6.45, 7) is -1.92. The highest BCUT2D eigenvalue weighted by Gasteiger charge is 2.11. The van der Waals surface area contributed by atoms with E-state index in [1.165, 1.54) is 19.4 Å². The summed E-state index contributed by atoms with van der Waals surface area (Å²) in [4.78, 5) is 8.10. The predicted molar refractivity (Wildman–Crippen MR) is 118 cm³/mol. The number of hydrogen-bond donors (Lipinski definition) is 2. The number of rotatable bonds is 9. The van der Waals surface area contributed by atoms with Crippen molar-refractivity contribution < 1.29 is 23.0 Å². The van der Waals surface area contributed by atoms with Gasteiger partial charge in [-0.3, -0.25) is 4.99 Å². The fraction of sp³-hybridized carbons (Fsp3) is 0.333. The van der Waals surface area contributed by atoms with Crippen molar-refractivity contribution >= 4 is 41.5 Å². The maximum absolute atomic E-state index is 12.6. The first-order chi connectivity index (χ1) is 13.5. The number of nitrogens with zero attached hydrogens (tertiary/aromatic N) is 2. The van der Waals surface area contributed by atoms with Gasteiger partial charge in [-0.15, -0.1) is 24.0 Å². The summed E-state index contributed by atoms with van der Waals surface area (Å²) >= 11 is 5.76. The summed E-state index contributed by atoms with van der Waals surface area (Å²) in [7, 11) is 3.09. The van der Waals surface area contributed by atoms with Crippen molar-refractivity contribution in [1.82, 2.24) is 15.6 Å². The fourth-order valence-corrected chi connectivity index (χ4v) is 2.32. The van der Waals surface area contributed by atoms with Gasteiger partial charge in [-0.2, -0.15) is 8.78 Å². The smallest absolute Gasteiger partial charge is 0.387 e. The Labute approximate surface area is 189 Å². The highest BCUT2D eigenvalue weighted by Crippen LogP contribution is 2.25. The van der Waals surface area contributed by atoms with Crippen LogP contribution >= 0.6 is 35.6 Å². The van der Waals surface area contributed by atoms with E-state index in [4.69, 9.17) is 21.1 Å². The normalized spacial score (nSPS) is 10.9. The second kappa shape index (κ2) is 13.2. The number of aliphatic imine (C=N–C) groups is 1. The molecule has 0 amide bonds. The van der Waals surface area contributed by atoms with Crippen molar-refractivity contribution in [2.45, 2.75) is 13.2 Å². The van der Waals surface area contributed by atoms with Crippen LogP contribution in [0.5, 0.6) is 17.4 Å². The first-order valence-electron chi connectivity index (χ1n) is 8.32. The van der Waals surface area contributed by atoms with Gasteiger partial charge in [-0.1, -0.05) is 11.6 Å². The minimum Gasteiger partial charge on any atom is -0.497 e. The number of pyridine rings is 1. The van der Waals surface area contributed by atoms with Crippen LogP contribution in [0.4, 0.5) is 8.78 Å². The lowest BCUT2D eigenvalue weighted by Crippen LogP contribution is -2.39. The van der Waals surface area contributed by atoms with Crippen molar-refractivity contribution in [1.29, 1.82) is 0 Å². The van der Waals surface area contributed by atoms with Crippen LogP contribution in [-0.4, -0.2) is 44.9 Å². The van der Waals surface area contributed by atoms with E-state index in [2.05, 4.69) is 25.3 Å². The summed E-state index contributed by atoms with van der Waals surface area (Å²) in [5, 5.41) is 6.61. The summed E-state index contributed by atoms with van der Waals surface area (Å²) in [6, 6.07) is 7.96. The number of ether oxygens (including phenoxy) is 3. The standard InChI is InChI=1S/C18H21ClF2N4O3.HI/c1-22-18(23-7-8-27-16-6-3-13(19)11-24-16)25-10-12-9-14(26-2)4-5-15(12)28-17(20)21;/h3-6,9,11,17H,7-8,10H2,1-2H3,(H2,22,23,25);1H. The van der Waals surface area contributed by atoms with Gasteiger partial charge in [0.1, 0.15) is 18.1 Å². The van der Waals surface area contributed by atoms with Gasteiger partial charge in [0.05, 0.1) is 18.7 Å². The number of hydrogen-bond acceptors (Lipinski definition) is 5. The van der Waals surface area contributed by atoms with E-state index in [-0.39, 0.29) is 36.3 Å². The summed E-state index contributed by atoms with van der Waals surface area (Å²) in [6.07, 6.45) is 1.50. The van der Waals surface area contributed by atoms with Crippen LogP contribution < -0.4 is 24.8 Å². The molecule has 160 valence electrons. The zero-order valence-electron chi connectivity index (χ0n) is 15.8. The van der Waals surface area contributed by atoms with Crippen LogP contribution in [0.25, 0.3) is 0 Å². The number of benzene rings is 1. The third-order valence-corrected chi connectivity index (χ3v) is 3.72. The third kappa shape index (κ3) is 8.86. The number of alkyl halides is 2. The third-order valence-electron chi connectivity index (χ3n) is 3.50. The number of aromatic nitrogens is 1. The van der Waals surface area contributed by atoms with E-state index < -0.39 is 6.61 Å².